The summed E-state index contributed by atoms with van der Waals surface area (Å²) in [5, 5.41) is 3.46. The van der Waals surface area contributed by atoms with Gasteiger partial charge in [0.05, 0.1) is 19.8 Å². The van der Waals surface area contributed by atoms with Crippen LogP contribution in [0.1, 0.15) is 59.3 Å². The lowest BCUT2D eigenvalue weighted by Crippen LogP contribution is -2.40. The zero-order valence-electron chi connectivity index (χ0n) is 18.0. The van der Waals surface area contributed by atoms with Gasteiger partial charge in [0, 0.05) is 31.5 Å². The Morgan fingerprint density at radius 1 is 1.03 bits per heavy atom. The summed E-state index contributed by atoms with van der Waals surface area (Å²) in [4.78, 5) is 0. The van der Waals surface area contributed by atoms with Gasteiger partial charge in [0.2, 0.25) is 0 Å². The lowest BCUT2D eigenvalue weighted by molar-refractivity contribution is -0.185. The Morgan fingerprint density at radius 2 is 1.72 bits per heavy atom. The van der Waals surface area contributed by atoms with Crippen LogP contribution in [0.15, 0.2) is 24.3 Å². The molecule has 1 spiro atoms. The van der Waals surface area contributed by atoms with Crippen LogP contribution < -0.4 is 10.1 Å². The van der Waals surface area contributed by atoms with Crippen molar-refractivity contribution in [3.63, 3.8) is 0 Å². The van der Waals surface area contributed by atoms with Gasteiger partial charge in [-0.25, -0.2) is 0 Å². The highest BCUT2D eigenvalue weighted by atomic mass is 16.7. The van der Waals surface area contributed by atoms with Crippen molar-refractivity contribution in [1.82, 2.24) is 0 Å². The third kappa shape index (κ3) is 5.43. The first-order chi connectivity index (χ1) is 13.9. The number of nitrogens with one attached hydrogen (secondary N) is 1. The normalized spacial score (nSPS) is 26.0. The Kier molecular flexibility index (Phi) is 6.07. The van der Waals surface area contributed by atoms with Gasteiger partial charge in [0.15, 0.2) is 11.6 Å². The van der Waals surface area contributed by atoms with E-state index < -0.39 is 11.4 Å². The van der Waals surface area contributed by atoms with Gasteiger partial charge in [0.1, 0.15) is 17.5 Å². The van der Waals surface area contributed by atoms with Gasteiger partial charge in [-0.1, -0.05) is 6.42 Å². The highest BCUT2D eigenvalue weighted by Gasteiger charge is 2.42. The molecule has 3 aliphatic rings. The minimum atomic E-state index is -0.565. The van der Waals surface area contributed by atoms with E-state index in [1.165, 1.54) is 19.3 Å². The summed E-state index contributed by atoms with van der Waals surface area (Å²) in [7, 11) is 0. The Balaban J connectivity index is 1.25. The van der Waals surface area contributed by atoms with Crippen molar-refractivity contribution in [2.45, 2.75) is 82.6 Å². The van der Waals surface area contributed by atoms with Gasteiger partial charge in [-0.05, 0) is 57.9 Å². The van der Waals surface area contributed by atoms with Crippen LogP contribution in [0, 0.1) is 0 Å². The maximum Gasteiger partial charge on any atom is 0.169 e. The summed E-state index contributed by atoms with van der Waals surface area (Å²) >= 11 is 0. The molecule has 29 heavy (non-hydrogen) atoms. The van der Waals surface area contributed by atoms with Crippen LogP contribution in [0.5, 0.6) is 5.75 Å². The average Bonchev–Trinajstić information content (AvgIpc) is 3.27. The first kappa shape index (κ1) is 20.9. The number of rotatable bonds is 7. The molecule has 1 aromatic rings. The fraction of sp³-hybridized carbons (Fsp3) is 0.739. The van der Waals surface area contributed by atoms with E-state index in [1.807, 2.05) is 31.2 Å². The van der Waals surface area contributed by atoms with E-state index in [0.29, 0.717) is 26.2 Å². The Labute approximate surface area is 174 Å². The highest BCUT2D eigenvalue weighted by Crippen LogP contribution is 2.38. The van der Waals surface area contributed by atoms with E-state index in [0.717, 1.165) is 30.8 Å². The van der Waals surface area contributed by atoms with E-state index in [1.54, 1.807) is 0 Å². The third-order valence-corrected chi connectivity index (χ3v) is 5.96. The molecule has 1 N–H and O–H groups in total. The van der Waals surface area contributed by atoms with Crippen LogP contribution in [-0.2, 0) is 18.9 Å². The topological polar surface area (TPSA) is 58.2 Å². The standard InChI is InChI=1S/C23H35NO5/c1-21(2,17-22(3)25-13-14-26-22)28-19-9-7-18(8-10-19)24-15-20-16-27-23(29-20)11-5-4-6-12-23/h7-10,20,24H,4-6,11-17H2,1-3H3/t20-/m1/s1. The van der Waals surface area contributed by atoms with Crippen LogP contribution in [0.25, 0.3) is 0 Å². The fourth-order valence-electron chi connectivity index (χ4n) is 4.73. The van der Waals surface area contributed by atoms with Gasteiger partial charge >= 0.3 is 0 Å². The molecule has 6 heteroatoms. The molecule has 2 aliphatic heterocycles. The molecule has 3 fully saturated rings. The quantitative estimate of drug-likeness (QED) is 0.722. The zero-order valence-corrected chi connectivity index (χ0v) is 18.0. The second kappa shape index (κ2) is 8.42. The molecule has 0 bridgehead atoms. The second-order valence-electron chi connectivity index (χ2n) is 9.30. The van der Waals surface area contributed by atoms with Gasteiger partial charge < -0.3 is 29.0 Å². The smallest absolute Gasteiger partial charge is 0.169 e. The molecule has 1 aliphatic carbocycles. The van der Waals surface area contributed by atoms with Gasteiger partial charge in [0.25, 0.3) is 0 Å². The number of ether oxygens (including phenoxy) is 5. The Bertz CT molecular complexity index is 662. The molecule has 2 saturated heterocycles. The fourth-order valence-corrected chi connectivity index (χ4v) is 4.73. The Hall–Kier alpha value is -1.34. The van der Waals surface area contributed by atoms with E-state index in [4.69, 9.17) is 23.7 Å². The molecule has 0 amide bonds. The van der Waals surface area contributed by atoms with Crippen molar-refractivity contribution >= 4 is 5.69 Å². The number of hydrogen-bond acceptors (Lipinski definition) is 6. The zero-order chi connectivity index (χ0) is 20.4. The van der Waals surface area contributed by atoms with Gasteiger partial charge in [-0.3, -0.25) is 0 Å². The van der Waals surface area contributed by atoms with Crippen LogP contribution in [0.2, 0.25) is 0 Å². The summed E-state index contributed by atoms with van der Waals surface area (Å²) in [6, 6.07) is 8.08. The van der Waals surface area contributed by atoms with Crippen LogP contribution in [0.4, 0.5) is 5.69 Å². The maximum atomic E-state index is 6.24. The third-order valence-electron chi connectivity index (χ3n) is 5.96. The van der Waals surface area contributed by atoms with Crippen molar-refractivity contribution in [3.8, 4) is 5.75 Å². The van der Waals surface area contributed by atoms with Gasteiger partial charge in [-0.2, -0.15) is 0 Å². The van der Waals surface area contributed by atoms with Crippen molar-refractivity contribution < 1.29 is 23.7 Å². The molecule has 162 valence electrons. The molecule has 1 atom stereocenters. The first-order valence-corrected chi connectivity index (χ1v) is 11.0. The SMILES string of the molecule is CC(C)(CC1(C)OCCO1)Oc1ccc(NC[C@@H]2COC3(CCCCC3)O2)cc1. The molecule has 0 aromatic heterocycles. The molecule has 2 heterocycles. The minimum Gasteiger partial charge on any atom is -0.488 e. The molecule has 1 aromatic carbocycles. The molecule has 0 unspecified atom stereocenters. The summed E-state index contributed by atoms with van der Waals surface area (Å²) in [5.74, 6) is -0.0369. The summed E-state index contributed by atoms with van der Waals surface area (Å²) in [6.07, 6.45) is 6.53. The Morgan fingerprint density at radius 3 is 2.41 bits per heavy atom. The lowest BCUT2D eigenvalue weighted by Gasteiger charge is -2.33. The number of hydrogen-bond donors (Lipinski definition) is 1. The molecule has 4 rings (SSSR count). The maximum absolute atomic E-state index is 6.24. The van der Waals surface area contributed by atoms with Crippen LogP contribution in [-0.4, -0.2) is 49.6 Å². The lowest BCUT2D eigenvalue weighted by atomic mass is 9.94. The summed E-state index contributed by atoms with van der Waals surface area (Å²) in [6.45, 7) is 8.81. The average molecular weight is 406 g/mol. The largest absolute Gasteiger partial charge is 0.488 e. The number of anilines is 1. The summed E-state index contributed by atoms with van der Waals surface area (Å²) < 4.78 is 29.9. The predicted molar refractivity (Wildman–Crippen MR) is 111 cm³/mol. The molecule has 6 nitrogen and oxygen atoms in total. The molecule has 0 radical (unpaired) electrons. The van der Waals surface area contributed by atoms with E-state index in [2.05, 4.69) is 19.2 Å². The monoisotopic (exact) mass is 405 g/mol. The molecule has 1 saturated carbocycles. The van der Waals surface area contributed by atoms with Crippen molar-refractivity contribution in [3.05, 3.63) is 24.3 Å². The highest BCUT2D eigenvalue weighted by molar-refractivity contribution is 5.46. The van der Waals surface area contributed by atoms with E-state index in [9.17, 15) is 0 Å². The first-order valence-electron chi connectivity index (χ1n) is 11.0. The van der Waals surface area contributed by atoms with E-state index in [-0.39, 0.29) is 11.9 Å². The van der Waals surface area contributed by atoms with Crippen LogP contribution >= 0.6 is 0 Å². The van der Waals surface area contributed by atoms with Crippen LogP contribution in [0.3, 0.4) is 0 Å². The predicted octanol–water partition coefficient (Wildman–Crippen LogP) is 4.48. The molecular formula is C23H35NO5. The van der Waals surface area contributed by atoms with Crippen molar-refractivity contribution in [2.24, 2.45) is 0 Å². The van der Waals surface area contributed by atoms with E-state index >= 15 is 0 Å². The summed E-state index contributed by atoms with van der Waals surface area (Å²) in [5.41, 5.74) is 0.662. The molecular weight excluding hydrogens is 370 g/mol. The number of benzene rings is 1. The van der Waals surface area contributed by atoms with Crippen molar-refractivity contribution in [1.29, 1.82) is 0 Å². The van der Waals surface area contributed by atoms with Gasteiger partial charge in [-0.15, -0.1) is 0 Å². The minimum absolute atomic E-state index is 0.107. The second-order valence-corrected chi connectivity index (χ2v) is 9.30. The van der Waals surface area contributed by atoms with Crippen molar-refractivity contribution in [2.75, 3.05) is 31.7 Å².